The van der Waals surface area contributed by atoms with E-state index in [4.69, 9.17) is 0 Å². The molecule has 30 heavy (non-hydrogen) atoms. The van der Waals surface area contributed by atoms with E-state index in [-0.39, 0.29) is 23.7 Å². The van der Waals surface area contributed by atoms with Crippen LogP contribution < -0.4 is 10.6 Å². The Morgan fingerprint density at radius 2 is 1.73 bits per heavy atom. The van der Waals surface area contributed by atoms with Gasteiger partial charge in [-0.3, -0.25) is 9.59 Å². The zero-order valence-electron chi connectivity index (χ0n) is 17.2. The summed E-state index contributed by atoms with van der Waals surface area (Å²) in [7, 11) is 0. The van der Waals surface area contributed by atoms with Crippen LogP contribution in [0.3, 0.4) is 0 Å². The van der Waals surface area contributed by atoms with Crippen LogP contribution in [0.1, 0.15) is 62.6 Å². The molecule has 0 fully saturated rings. The maximum atomic E-state index is 13.0. The van der Waals surface area contributed by atoms with Crippen LogP contribution >= 0.6 is 11.3 Å². The monoisotopic (exact) mass is 425 g/mol. The lowest BCUT2D eigenvalue weighted by atomic mass is 10.1. The van der Waals surface area contributed by atoms with Crippen molar-refractivity contribution in [1.29, 1.82) is 0 Å². The van der Waals surface area contributed by atoms with Crippen LogP contribution in [0.15, 0.2) is 48.5 Å². The Morgan fingerprint density at radius 1 is 1.07 bits per heavy atom. The minimum atomic E-state index is -0.387. The van der Waals surface area contributed by atoms with E-state index >= 15 is 0 Å². The lowest BCUT2D eigenvalue weighted by Gasteiger charge is -2.15. The van der Waals surface area contributed by atoms with E-state index in [1.54, 1.807) is 12.1 Å². The van der Waals surface area contributed by atoms with E-state index in [0.29, 0.717) is 16.1 Å². The maximum Gasteiger partial charge on any atom is 0.263 e. The minimum absolute atomic E-state index is 0.131. The van der Waals surface area contributed by atoms with Crippen LogP contribution in [0.2, 0.25) is 0 Å². The summed E-state index contributed by atoms with van der Waals surface area (Å²) in [6, 6.07) is 12.4. The molecule has 1 atom stereocenters. The molecule has 7 heteroatoms. The van der Waals surface area contributed by atoms with Gasteiger partial charge >= 0.3 is 0 Å². The summed E-state index contributed by atoms with van der Waals surface area (Å²) >= 11 is 1.44. The van der Waals surface area contributed by atoms with Crippen molar-refractivity contribution in [3.05, 3.63) is 81.1 Å². The molecule has 0 radical (unpaired) electrons. The fourth-order valence-electron chi connectivity index (χ4n) is 2.99. The number of carbonyl (C=O) groups excluding carboxylic acids is 2. The number of halogens is 1. The number of carbonyl (C=O) groups is 2. The molecule has 2 amide bonds. The zero-order chi connectivity index (χ0) is 21.7. The van der Waals surface area contributed by atoms with Crippen LogP contribution in [-0.4, -0.2) is 16.8 Å². The largest absolute Gasteiger partial charge is 0.345 e. The molecule has 1 aromatic heterocycles. The lowest BCUT2D eigenvalue weighted by Crippen LogP contribution is -2.26. The minimum Gasteiger partial charge on any atom is -0.345 e. The third-order valence-electron chi connectivity index (χ3n) is 4.63. The van der Waals surface area contributed by atoms with Crippen LogP contribution in [0, 0.1) is 12.7 Å². The molecular weight excluding hydrogens is 401 g/mol. The SMILES string of the molecule is CCCc1nc(C)c(C(=O)NC(C)c2ccc(NC(=O)c3ccc(F)cc3)cc2)s1. The molecular formula is C23H24FN3O2S. The van der Waals surface area contributed by atoms with Crippen molar-refractivity contribution in [3.63, 3.8) is 0 Å². The van der Waals surface area contributed by atoms with E-state index in [1.807, 2.05) is 26.0 Å². The van der Waals surface area contributed by atoms with Gasteiger partial charge in [-0.15, -0.1) is 11.3 Å². The topological polar surface area (TPSA) is 71.1 Å². The number of benzene rings is 2. The molecule has 3 aromatic rings. The predicted octanol–water partition coefficient (Wildman–Crippen LogP) is 5.29. The van der Waals surface area contributed by atoms with Crippen LogP contribution in [0.25, 0.3) is 0 Å². The van der Waals surface area contributed by atoms with Gasteiger partial charge in [0.05, 0.1) is 16.7 Å². The molecule has 2 aromatic carbocycles. The summed E-state index contributed by atoms with van der Waals surface area (Å²) in [4.78, 5) is 30.0. The molecule has 1 heterocycles. The first-order chi connectivity index (χ1) is 14.4. The Morgan fingerprint density at radius 3 is 2.37 bits per heavy atom. The second-order valence-electron chi connectivity index (χ2n) is 7.05. The van der Waals surface area contributed by atoms with Gasteiger partial charge in [0.25, 0.3) is 11.8 Å². The summed E-state index contributed by atoms with van der Waals surface area (Å²) in [6.45, 7) is 5.85. The Bertz CT molecular complexity index is 1030. The number of hydrogen-bond donors (Lipinski definition) is 2. The van der Waals surface area contributed by atoms with Crippen molar-refractivity contribution in [3.8, 4) is 0 Å². The number of nitrogens with one attached hydrogen (secondary N) is 2. The van der Waals surface area contributed by atoms with Crippen molar-refractivity contribution >= 4 is 28.8 Å². The average molecular weight is 426 g/mol. The van der Waals surface area contributed by atoms with Gasteiger partial charge in [-0.05, 0) is 68.7 Å². The van der Waals surface area contributed by atoms with Gasteiger partial charge in [-0.2, -0.15) is 0 Å². The van der Waals surface area contributed by atoms with E-state index in [9.17, 15) is 14.0 Å². The molecule has 3 rings (SSSR count). The predicted molar refractivity (Wildman–Crippen MR) is 118 cm³/mol. The number of amides is 2. The Hall–Kier alpha value is -3.06. The Labute approximate surface area is 179 Å². The third-order valence-corrected chi connectivity index (χ3v) is 5.85. The number of anilines is 1. The van der Waals surface area contributed by atoms with E-state index < -0.39 is 0 Å². The molecule has 0 saturated heterocycles. The highest BCUT2D eigenvalue weighted by Crippen LogP contribution is 2.22. The first kappa shape index (κ1) is 21.6. The Kier molecular flexibility index (Phi) is 6.95. The lowest BCUT2D eigenvalue weighted by molar-refractivity contribution is 0.0942. The first-order valence-electron chi connectivity index (χ1n) is 9.81. The van der Waals surface area contributed by atoms with E-state index in [1.165, 1.54) is 35.6 Å². The summed E-state index contributed by atoms with van der Waals surface area (Å²) in [5.41, 5.74) is 2.67. The molecule has 2 N–H and O–H groups in total. The molecule has 0 saturated carbocycles. The zero-order valence-corrected chi connectivity index (χ0v) is 18.0. The molecule has 0 aliphatic rings. The quantitative estimate of drug-likeness (QED) is 0.541. The molecule has 1 unspecified atom stereocenters. The average Bonchev–Trinajstić information content (AvgIpc) is 3.09. The first-order valence-corrected chi connectivity index (χ1v) is 10.6. The van der Waals surface area contributed by atoms with Gasteiger partial charge in [-0.1, -0.05) is 19.1 Å². The summed E-state index contributed by atoms with van der Waals surface area (Å²) in [5.74, 6) is -0.830. The number of aromatic nitrogens is 1. The van der Waals surface area contributed by atoms with E-state index in [2.05, 4.69) is 22.5 Å². The molecule has 0 bridgehead atoms. The highest BCUT2D eigenvalue weighted by atomic mass is 32.1. The van der Waals surface area contributed by atoms with Gasteiger partial charge < -0.3 is 10.6 Å². The highest BCUT2D eigenvalue weighted by molar-refractivity contribution is 7.13. The van der Waals surface area contributed by atoms with Crippen LogP contribution in [-0.2, 0) is 6.42 Å². The number of aryl methyl sites for hydroxylation is 2. The molecule has 0 aliphatic carbocycles. The molecule has 0 spiro atoms. The summed E-state index contributed by atoms with van der Waals surface area (Å²) in [6.07, 6.45) is 1.87. The number of thiazole rings is 1. The summed E-state index contributed by atoms with van der Waals surface area (Å²) < 4.78 is 13.0. The maximum absolute atomic E-state index is 13.0. The molecule has 0 aliphatic heterocycles. The fraction of sp³-hybridized carbons (Fsp3) is 0.261. The van der Waals surface area contributed by atoms with Gasteiger partial charge in [0, 0.05) is 11.3 Å². The van der Waals surface area contributed by atoms with Gasteiger partial charge in [0.2, 0.25) is 0 Å². The van der Waals surface area contributed by atoms with Crippen molar-refractivity contribution in [2.45, 2.75) is 39.7 Å². The van der Waals surface area contributed by atoms with Gasteiger partial charge in [-0.25, -0.2) is 9.37 Å². The van der Waals surface area contributed by atoms with Gasteiger partial charge in [0.1, 0.15) is 10.7 Å². The standard InChI is InChI=1S/C23H24FN3O2S/c1-4-5-20-25-15(3)21(30-20)23(29)26-14(2)16-8-12-19(13-9-16)27-22(28)17-6-10-18(24)11-7-17/h6-14H,4-5H2,1-3H3,(H,26,29)(H,27,28). The van der Waals surface area contributed by atoms with Crippen molar-refractivity contribution in [1.82, 2.24) is 10.3 Å². The number of nitrogens with zero attached hydrogens (tertiary/aromatic N) is 1. The Balaban J connectivity index is 1.62. The molecule has 5 nitrogen and oxygen atoms in total. The van der Waals surface area contributed by atoms with Crippen LogP contribution in [0.5, 0.6) is 0 Å². The normalized spacial score (nSPS) is 11.7. The molecule has 156 valence electrons. The summed E-state index contributed by atoms with van der Waals surface area (Å²) in [5, 5.41) is 6.77. The highest BCUT2D eigenvalue weighted by Gasteiger charge is 2.17. The second-order valence-corrected chi connectivity index (χ2v) is 8.13. The second kappa shape index (κ2) is 9.63. The fourth-order valence-corrected chi connectivity index (χ4v) is 4.06. The van der Waals surface area contributed by atoms with Crippen molar-refractivity contribution in [2.24, 2.45) is 0 Å². The van der Waals surface area contributed by atoms with Crippen molar-refractivity contribution in [2.75, 3.05) is 5.32 Å². The van der Waals surface area contributed by atoms with Gasteiger partial charge in [0.15, 0.2) is 0 Å². The van der Waals surface area contributed by atoms with Crippen LogP contribution in [0.4, 0.5) is 10.1 Å². The number of rotatable bonds is 7. The smallest absolute Gasteiger partial charge is 0.263 e. The van der Waals surface area contributed by atoms with E-state index in [0.717, 1.165) is 29.1 Å². The number of hydrogen-bond acceptors (Lipinski definition) is 4. The van der Waals surface area contributed by atoms with Crippen molar-refractivity contribution < 1.29 is 14.0 Å². The third kappa shape index (κ3) is 5.30.